The second kappa shape index (κ2) is 6.67. The zero-order valence-corrected chi connectivity index (χ0v) is 9.78. The maximum absolute atomic E-state index is 12.9. The summed E-state index contributed by atoms with van der Waals surface area (Å²) in [6.07, 6.45) is 4.77. The van der Waals surface area contributed by atoms with Crippen LogP contribution in [0.25, 0.3) is 0 Å². The average Bonchev–Trinajstić information content (AvgIpc) is 2.23. The maximum atomic E-state index is 12.9. The van der Waals surface area contributed by atoms with E-state index in [2.05, 4.69) is 12.2 Å². The van der Waals surface area contributed by atoms with Gasteiger partial charge in [0, 0.05) is 6.54 Å². The SMILES string of the molecule is CCCCCCNc1cc(F)ccc1Cl. The van der Waals surface area contributed by atoms with Crippen LogP contribution in [0.15, 0.2) is 18.2 Å². The zero-order valence-electron chi connectivity index (χ0n) is 9.02. The Kier molecular flexibility index (Phi) is 5.48. The molecule has 0 bridgehead atoms. The number of unbranched alkanes of at least 4 members (excludes halogenated alkanes) is 3. The topological polar surface area (TPSA) is 12.0 Å². The van der Waals surface area contributed by atoms with E-state index < -0.39 is 0 Å². The standard InChI is InChI=1S/C12H17ClFN/c1-2-3-4-5-8-15-12-9-10(14)6-7-11(12)13/h6-7,9,15H,2-5,8H2,1H3. The highest BCUT2D eigenvalue weighted by Gasteiger charge is 2.00. The first kappa shape index (κ1) is 12.3. The normalized spacial score (nSPS) is 10.3. The molecule has 1 aromatic rings. The van der Waals surface area contributed by atoms with Gasteiger partial charge in [-0.15, -0.1) is 0 Å². The smallest absolute Gasteiger partial charge is 0.125 e. The number of hydrogen-bond donors (Lipinski definition) is 1. The van der Waals surface area contributed by atoms with E-state index in [1.165, 1.54) is 31.4 Å². The van der Waals surface area contributed by atoms with Gasteiger partial charge in [-0.2, -0.15) is 0 Å². The molecule has 1 N–H and O–H groups in total. The van der Waals surface area contributed by atoms with Crippen LogP contribution in [-0.4, -0.2) is 6.54 Å². The van der Waals surface area contributed by atoms with Crippen LogP contribution < -0.4 is 5.32 Å². The summed E-state index contributed by atoms with van der Waals surface area (Å²) in [7, 11) is 0. The Labute approximate surface area is 95.6 Å². The van der Waals surface area contributed by atoms with Crippen molar-refractivity contribution >= 4 is 17.3 Å². The van der Waals surface area contributed by atoms with Crippen molar-refractivity contribution in [3.8, 4) is 0 Å². The molecule has 3 heteroatoms. The second-order valence-electron chi connectivity index (χ2n) is 3.61. The molecule has 0 heterocycles. The molecule has 0 aliphatic heterocycles. The van der Waals surface area contributed by atoms with Gasteiger partial charge in [-0.1, -0.05) is 37.8 Å². The molecule has 15 heavy (non-hydrogen) atoms. The predicted molar refractivity (Wildman–Crippen MR) is 64.0 cm³/mol. The van der Waals surface area contributed by atoms with Crippen molar-refractivity contribution in [3.63, 3.8) is 0 Å². The van der Waals surface area contributed by atoms with Gasteiger partial charge in [0.15, 0.2) is 0 Å². The van der Waals surface area contributed by atoms with Crippen molar-refractivity contribution in [1.29, 1.82) is 0 Å². The number of anilines is 1. The minimum atomic E-state index is -0.254. The summed E-state index contributed by atoms with van der Waals surface area (Å²) in [6.45, 7) is 3.03. The van der Waals surface area contributed by atoms with Gasteiger partial charge in [-0.05, 0) is 24.6 Å². The fraction of sp³-hybridized carbons (Fsp3) is 0.500. The number of hydrogen-bond acceptors (Lipinski definition) is 1. The van der Waals surface area contributed by atoms with Crippen LogP contribution in [0.2, 0.25) is 5.02 Å². The van der Waals surface area contributed by atoms with Crippen molar-refractivity contribution in [2.24, 2.45) is 0 Å². The molecule has 0 radical (unpaired) electrons. The lowest BCUT2D eigenvalue weighted by Gasteiger charge is -2.07. The van der Waals surface area contributed by atoms with Crippen LogP contribution in [0.3, 0.4) is 0 Å². The van der Waals surface area contributed by atoms with E-state index in [0.717, 1.165) is 13.0 Å². The third-order valence-electron chi connectivity index (χ3n) is 2.27. The van der Waals surface area contributed by atoms with Gasteiger partial charge in [0.25, 0.3) is 0 Å². The lowest BCUT2D eigenvalue weighted by Crippen LogP contribution is -2.02. The van der Waals surface area contributed by atoms with Gasteiger partial charge in [0.05, 0.1) is 10.7 Å². The van der Waals surface area contributed by atoms with Crippen molar-refractivity contribution in [3.05, 3.63) is 29.0 Å². The minimum Gasteiger partial charge on any atom is -0.384 e. The summed E-state index contributed by atoms with van der Waals surface area (Å²) in [5.74, 6) is -0.254. The highest BCUT2D eigenvalue weighted by molar-refractivity contribution is 6.33. The fourth-order valence-corrected chi connectivity index (χ4v) is 1.59. The zero-order chi connectivity index (χ0) is 11.1. The Morgan fingerprint density at radius 1 is 1.27 bits per heavy atom. The van der Waals surface area contributed by atoms with Crippen molar-refractivity contribution in [1.82, 2.24) is 0 Å². The van der Waals surface area contributed by atoms with E-state index in [0.29, 0.717) is 10.7 Å². The Morgan fingerprint density at radius 3 is 2.80 bits per heavy atom. The van der Waals surface area contributed by atoms with E-state index in [1.54, 1.807) is 6.07 Å². The first-order valence-electron chi connectivity index (χ1n) is 5.43. The minimum absolute atomic E-state index is 0.254. The van der Waals surface area contributed by atoms with E-state index in [9.17, 15) is 4.39 Å². The molecular formula is C12H17ClFN. The molecule has 0 aromatic heterocycles. The highest BCUT2D eigenvalue weighted by Crippen LogP contribution is 2.22. The molecule has 1 nitrogen and oxygen atoms in total. The van der Waals surface area contributed by atoms with Gasteiger partial charge in [0.1, 0.15) is 5.82 Å². The Balaban J connectivity index is 2.33. The quantitative estimate of drug-likeness (QED) is 0.710. The molecule has 0 saturated heterocycles. The largest absolute Gasteiger partial charge is 0.384 e. The Morgan fingerprint density at radius 2 is 2.07 bits per heavy atom. The molecule has 84 valence electrons. The number of benzene rings is 1. The van der Waals surface area contributed by atoms with Crippen LogP contribution in [0.1, 0.15) is 32.6 Å². The number of halogens is 2. The molecule has 0 amide bonds. The molecule has 0 aliphatic rings. The average molecular weight is 230 g/mol. The second-order valence-corrected chi connectivity index (χ2v) is 4.02. The first-order chi connectivity index (χ1) is 7.24. The summed E-state index contributed by atoms with van der Waals surface area (Å²) in [5, 5.41) is 3.72. The van der Waals surface area contributed by atoms with E-state index in [1.807, 2.05) is 0 Å². The summed E-state index contributed by atoms with van der Waals surface area (Å²) < 4.78 is 12.9. The Hall–Kier alpha value is -0.760. The molecule has 1 rings (SSSR count). The van der Waals surface area contributed by atoms with E-state index >= 15 is 0 Å². The third-order valence-corrected chi connectivity index (χ3v) is 2.60. The third kappa shape index (κ3) is 4.52. The van der Waals surface area contributed by atoms with Gasteiger partial charge in [-0.25, -0.2) is 4.39 Å². The molecule has 1 aromatic carbocycles. The van der Waals surface area contributed by atoms with E-state index in [4.69, 9.17) is 11.6 Å². The van der Waals surface area contributed by atoms with Crippen molar-refractivity contribution in [2.75, 3.05) is 11.9 Å². The summed E-state index contributed by atoms with van der Waals surface area (Å²) >= 11 is 5.91. The monoisotopic (exact) mass is 229 g/mol. The van der Waals surface area contributed by atoms with Crippen LogP contribution in [-0.2, 0) is 0 Å². The van der Waals surface area contributed by atoms with Crippen molar-refractivity contribution < 1.29 is 4.39 Å². The molecule has 0 aliphatic carbocycles. The summed E-state index contributed by atoms with van der Waals surface area (Å²) in [5.41, 5.74) is 0.688. The highest BCUT2D eigenvalue weighted by atomic mass is 35.5. The lowest BCUT2D eigenvalue weighted by atomic mass is 10.2. The van der Waals surface area contributed by atoms with E-state index in [-0.39, 0.29) is 5.82 Å². The van der Waals surface area contributed by atoms with Gasteiger partial charge >= 0.3 is 0 Å². The Bertz CT molecular complexity index is 302. The molecule has 0 unspecified atom stereocenters. The van der Waals surface area contributed by atoms with Gasteiger partial charge in [-0.3, -0.25) is 0 Å². The number of rotatable bonds is 6. The molecular weight excluding hydrogens is 213 g/mol. The predicted octanol–water partition coefficient (Wildman–Crippen LogP) is 4.47. The maximum Gasteiger partial charge on any atom is 0.125 e. The van der Waals surface area contributed by atoms with Crippen LogP contribution in [0, 0.1) is 5.82 Å². The van der Waals surface area contributed by atoms with Gasteiger partial charge < -0.3 is 5.32 Å². The molecule has 0 fully saturated rings. The summed E-state index contributed by atoms with van der Waals surface area (Å²) in [6, 6.07) is 4.37. The lowest BCUT2D eigenvalue weighted by molar-refractivity contribution is 0.628. The molecule has 0 spiro atoms. The van der Waals surface area contributed by atoms with Crippen LogP contribution in [0.4, 0.5) is 10.1 Å². The van der Waals surface area contributed by atoms with Crippen LogP contribution >= 0.6 is 11.6 Å². The fourth-order valence-electron chi connectivity index (χ4n) is 1.41. The van der Waals surface area contributed by atoms with Gasteiger partial charge in [0.2, 0.25) is 0 Å². The summed E-state index contributed by atoms with van der Waals surface area (Å²) in [4.78, 5) is 0. The molecule has 0 saturated carbocycles. The first-order valence-corrected chi connectivity index (χ1v) is 5.80. The molecule has 0 atom stereocenters. The van der Waals surface area contributed by atoms with Crippen LogP contribution in [0.5, 0.6) is 0 Å². The van der Waals surface area contributed by atoms with Crippen molar-refractivity contribution in [2.45, 2.75) is 32.6 Å². The number of nitrogens with one attached hydrogen (secondary N) is 1.